The fourth-order valence-corrected chi connectivity index (χ4v) is 3.37. The van der Waals surface area contributed by atoms with Crippen LogP contribution in [0.4, 0.5) is 0 Å². The van der Waals surface area contributed by atoms with Crippen molar-refractivity contribution in [3.63, 3.8) is 0 Å². The minimum absolute atomic E-state index is 0.387. The largest absolute Gasteiger partial charge is 0.243 e. The molecule has 3 nitrogen and oxygen atoms in total. The fourth-order valence-electron chi connectivity index (χ4n) is 1.92. The van der Waals surface area contributed by atoms with Gasteiger partial charge in [-0.05, 0) is 30.0 Å². The molecule has 0 aliphatic rings. The molecule has 0 saturated carbocycles. The number of benzene rings is 1. The van der Waals surface area contributed by atoms with Crippen molar-refractivity contribution < 1.29 is 8.42 Å². The Morgan fingerprint density at radius 3 is 1.94 bits per heavy atom. The second-order valence-electron chi connectivity index (χ2n) is 4.47. The van der Waals surface area contributed by atoms with Gasteiger partial charge in [-0.3, -0.25) is 0 Å². The van der Waals surface area contributed by atoms with Crippen LogP contribution in [0.1, 0.15) is 45.6 Å². The molecule has 0 amide bonds. The molecule has 1 unspecified atom stereocenters. The highest BCUT2D eigenvalue weighted by Crippen LogP contribution is 2.22. The van der Waals surface area contributed by atoms with E-state index in [4.69, 9.17) is 0 Å². The van der Waals surface area contributed by atoms with Gasteiger partial charge in [-0.1, -0.05) is 39.8 Å². The molecule has 0 bridgehead atoms. The van der Waals surface area contributed by atoms with Gasteiger partial charge in [0.1, 0.15) is 0 Å². The summed E-state index contributed by atoms with van der Waals surface area (Å²) in [4.78, 5) is 0.387. The molecule has 0 aromatic heterocycles. The Morgan fingerprint density at radius 1 is 1.06 bits per heavy atom. The normalized spacial score (nSPS) is 13.8. The predicted molar refractivity (Wildman–Crippen MR) is 75.3 cm³/mol. The summed E-state index contributed by atoms with van der Waals surface area (Å²) in [7, 11) is -3.32. The van der Waals surface area contributed by atoms with Crippen LogP contribution in [0.25, 0.3) is 0 Å². The minimum atomic E-state index is -3.32. The van der Waals surface area contributed by atoms with Gasteiger partial charge in [-0.15, -0.1) is 0 Å². The van der Waals surface area contributed by atoms with Crippen molar-refractivity contribution in [2.45, 2.75) is 44.9 Å². The van der Waals surface area contributed by atoms with Crippen LogP contribution in [0.2, 0.25) is 0 Å². The summed E-state index contributed by atoms with van der Waals surface area (Å²) in [5, 5.41) is 0. The van der Waals surface area contributed by atoms with Gasteiger partial charge < -0.3 is 0 Å². The maximum atomic E-state index is 12.3. The summed E-state index contributed by atoms with van der Waals surface area (Å²) >= 11 is 0. The Morgan fingerprint density at radius 2 is 1.56 bits per heavy atom. The van der Waals surface area contributed by atoms with Crippen LogP contribution in [0.3, 0.4) is 0 Å². The van der Waals surface area contributed by atoms with Crippen LogP contribution < -0.4 is 0 Å². The number of nitrogens with zero attached hydrogens (tertiary/aromatic N) is 1. The van der Waals surface area contributed by atoms with Gasteiger partial charge in [-0.2, -0.15) is 4.31 Å². The average Bonchev–Trinajstić information content (AvgIpc) is 2.39. The Hall–Kier alpha value is -0.870. The second kappa shape index (κ2) is 6.34. The number of rotatable bonds is 6. The summed E-state index contributed by atoms with van der Waals surface area (Å²) in [5.41, 5.74) is 1.19. The Bertz CT molecular complexity index is 461. The van der Waals surface area contributed by atoms with Crippen LogP contribution >= 0.6 is 0 Å². The average molecular weight is 269 g/mol. The first-order chi connectivity index (χ1) is 8.47. The molecule has 0 heterocycles. The van der Waals surface area contributed by atoms with Crippen LogP contribution in [0.5, 0.6) is 0 Å². The Kier molecular flexibility index (Phi) is 5.35. The lowest BCUT2D eigenvalue weighted by Crippen LogP contribution is -2.30. The highest BCUT2D eigenvalue weighted by Gasteiger charge is 2.21. The molecule has 1 aromatic carbocycles. The standard InChI is InChI=1S/C14H23NO2S/c1-5-12(4)13-8-10-14(11-9-13)18(16,17)15(6-2)7-3/h8-12H,5-7H2,1-4H3. The van der Waals surface area contributed by atoms with E-state index < -0.39 is 10.0 Å². The summed E-state index contributed by atoms with van der Waals surface area (Å²) in [6.07, 6.45) is 1.06. The lowest BCUT2D eigenvalue weighted by Gasteiger charge is -2.19. The molecule has 1 atom stereocenters. The molecule has 0 saturated heterocycles. The molecular formula is C14H23NO2S. The van der Waals surface area contributed by atoms with E-state index in [1.165, 1.54) is 9.87 Å². The van der Waals surface area contributed by atoms with E-state index in [2.05, 4.69) is 13.8 Å². The predicted octanol–water partition coefficient (Wildman–Crippen LogP) is 3.23. The lowest BCUT2D eigenvalue weighted by atomic mass is 9.99. The van der Waals surface area contributed by atoms with Crippen molar-refractivity contribution in [2.24, 2.45) is 0 Å². The molecule has 0 aliphatic carbocycles. The van der Waals surface area contributed by atoms with Gasteiger partial charge in [0.05, 0.1) is 4.90 Å². The zero-order valence-electron chi connectivity index (χ0n) is 11.7. The van der Waals surface area contributed by atoms with E-state index in [-0.39, 0.29) is 0 Å². The van der Waals surface area contributed by atoms with Crippen molar-refractivity contribution >= 4 is 10.0 Å². The number of hydrogen-bond donors (Lipinski definition) is 0. The highest BCUT2D eigenvalue weighted by atomic mass is 32.2. The van der Waals surface area contributed by atoms with Gasteiger partial charge in [0.25, 0.3) is 0 Å². The van der Waals surface area contributed by atoms with Crippen LogP contribution in [0.15, 0.2) is 29.2 Å². The van der Waals surface area contributed by atoms with Crippen molar-refractivity contribution in [3.8, 4) is 0 Å². The summed E-state index contributed by atoms with van der Waals surface area (Å²) in [6.45, 7) is 9.00. The molecule has 0 radical (unpaired) electrons. The third kappa shape index (κ3) is 3.12. The SMILES string of the molecule is CCC(C)c1ccc(S(=O)(=O)N(CC)CC)cc1. The third-order valence-electron chi connectivity index (χ3n) is 3.40. The van der Waals surface area contributed by atoms with E-state index in [0.717, 1.165) is 6.42 Å². The maximum Gasteiger partial charge on any atom is 0.243 e. The van der Waals surface area contributed by atoms with Crippen molar-refractivity contribution in [1.82, 2.24) is 4.31 Å². The van der Waals surface area contributed by atoms with Gasteiger partial charge >= 0.3 is 0 Å². The molecule has 1 aromatic rings. The first-order valence-corrected chi connectivity index (χ1v) is 8.01. The van der Waals surface area contributed by atoms with Crippen molar-refractivity contribution in [3.05, 3.63) is 29.8 Å². The maximum absolute atomic E-state index is 12.3. The van der Waals surface area contributed by atoms with Crippen molar-refractivity contribution in [2.75, 3.05) is 13.1 Å². The van der Waals surface area contributed by atoms with E-state index in [9.17, 15) is 8.42 Å². The Labute approximate surface area is 111 Å². The third-order valence-corrected chi connectivity index (χ3v) is 5.47. The van der Waals surface area contributed by atoms with Gasteiger partial charge in [-0.25, -0.2) is 8.42 Å². The monoisotopic (exact) mass is 269 g/mol. The van der Waals surface area contributed by atoms with Gasteiger partial charge in [0.15, 0.2) is 0 Å². The molecular weight excluding hydrogens is 246 g/mol. The molecule has 0 fully saturated rings. The molecule has 0 N–H and O–H groups in total. The van der Waals surface area contributed by atoms with Gasteiger partial charge in [0, 0.05) is 13.1 Å². The summed E-state index contributed by atoms with van der Waals surface area (Å²) in [6, 6.07) is 7.28. The molecule has 0 spiro atoms. The first-order valence-electron chi connectivity index (χ1n) is 6.57. The fraction of sp³-hybridized carbons (Fsp3) is 0.571. The molecule has 1 rings (SSSR count). The highest BCUT2D eigenvalue weighted by molar-refractivity contribution is 7.89. The smallest absolute Gasteiger partial charge is 0.207 e. The Balaban J connectivity index is 3.05. The number of sulfonamides is 1. The zero-order valence-corrected chi connectivity index (χ0v) is 12.5. The van der Waals surface area contributed by atoms with Crippen LogP contribution in [-0.4, -0.2) is 25.8 Å². The quantitative estimate of drug-likeness (QED) is 0.795. The summed E-state index contributed by atoms with van der Waals surface area (Å²) < 4.78 is 26.0. The van der Waals surface area contributed by atoms with E-state index in [1.807, 2.05) is 26.0 Å². The van der Waals surface area contributed by atoms with Crippen molar-refractivity contribution in [1.29, 1.82) is 0 Å². The van der Waals surface area contributed by atoms with E-state index in [0.29, 0.717) is 23.9 Å². The minimum Gasteiger partial charge on any atom is -0.207 e. The second-order valence-corrected chi connectivity index (χ2v) is 6.41. The topological polar surface area (TPSA) is 37.4 Å². The molecule has 4 heteroatoms. The molecule has 102 valence electrons. The molecule has 18 heavy (non-hydrogen) atoms. The zero-order chi connectivity index (χ0) is 13.8. The number of hydrogen-bond acceptors (Lipinski definition) is 2. The lowest BCUT2D eigenvalue weighted by molar-refractivity contribution is 0.445. The molecule has 0 aliphatic heterocycles. The van der Waals surface area contributed by atoms with Gasteiger partial charge in [0.2, 0.25) is 10.0 Å². The summed E-state index contributed by atoms with van der Waals surface area (Å²) in [5.74, 6) is 0.468. The van der Waals surface area contributed by atoms with E-state index >= 15 is 0 Å². The van der Waals surface area contributed by atoms with E-state index in [1.54, 1.807) is 12.1 Å². The first kappa shape index (κ1) is 15.2. The van der Waals surface area contributed by atoms with Crippen LogP contribution in [0, 0.1) is 0 Å². The van der Waals surface area contributed by atoms with Crippen LogP contribution in [-0.2, 0) is 10.0 Å².